The molecule has 4 heteroatoms. The third kappa shape index (κ3) is 3.34. The van der Waals surface area contributed by atoms with Crippen molar-refractivity contribution in [2.75, 3.05) is 30.4 Å². The van der Waals surface area contributed by atoms with Gasteiger partial charge in [0.1, 0.15) is 17.5 Å². The monoisotopic (exact) mass is 248 g/mol. The summed E-state index contributed by atoms with van der Waals surface area (Å²) in [4.78, 5) is 11.2. The molecule has 0 unspecified atom stereocenters. The molecule has 0 aromatic carbocycles. The Morgan fingerprint density at radius 3 is 2.78 bits per heavy atom. The average molecular weight is 248 g/mol. The molecule has 1 saturated carbocycles. The van der Waals surface area contributed by atoms with Crippen molar-refractivity contribution in [1.29, 1.82) is 0 Å². The predicted molar refractivity (Wildman–Crippen MR) is 76.2 cm³/mol. The van der Waals surface area contributed by atoms with E-state index in [-0.39, 0.29) is 0 Å². The number of aryl methyl sites for hydroxylation is 1. The minimum atomic E-state index is 0.839. The van der Waals surface area contributed by atoms with Crippen LogP contribution in [0, 0.1) is 12.8 Å². The summed E-state index contributed by atoms with van der Waals surface area (Å²) in [6, 6.07) is 2.06. The smallest absolute Gasteiger partial charge is 0.134 e. The quantitative estimate of drug-likeness (QED) is 0.840. The van der Waals surface area contributed by atoms with Crippen LogP contribution < -0.4 is 10.2 Å². The summed E-state index contributed by atoms with van der Waals surface area (Å²) in [6.07, 6.45) is 5.24. The van der Waals surface area contributed by atoms with Gasteiger partial charge < -0.3 is 10.2 Å². The molecule has 0 aliphatic heterocycles. The molecular weight excluding hydrogens is 224 g/mol. The first-order valence-corrected chi connectivity index (χ1v) is 6.99. The van der Waals surface area contributed by atoms with Crippen LogP contribution in [0.1, 0.15) is 38.4 Å². The van der Waals surface area contributed by atoms with Crippen molar-refractivity contribution in [3.05, 3.63) is 11.9 Å². The molecule has 4 nitrogen and oxygen atoms in total. The van der Waals surface area contributed by atoms with Crippen molar-refractivity contribution in [3.63, 3.8) is 0 Å². The Morgan fingerprint density at radius 1 is 1.39 bits per heavy atom. The molecule has 2 rings (SSSR count). The number of aromatic nitrogens is 2. The molecule has 0 bridgehead atoms. The van der Waals surface area contributed by atoms with E-state index >= 15 is 0 Å². The highest BCUT2D eigenvalue weighted by atomic mass is 15.2. The summed E-state index contributed by atoms with van der Waals surface area (Å²) in [6.45, 7) is 6.19. The second-order valence-corrected chi connectivity index (χ2v) is 5.26. The summed E-state index contributed by atoms with van der Waals surface area (Å²) in [7, 11) is 2.13. The second-order valence-electron chi connectivity index (χ2n) is 5.26. The van der Waals surface area contributed by atoms with Crippen molar-refractivity contribution in [1.82, 2.24) is 9.97 Å². The number of hydrogen-bond acceptors (Lipinski definition) is 4. The van der Waals surface area contributed by atoms with Crippen LogP contribution in [0.2, 0.25) is 0 Å². The van der Waals surface area contributed by atoms with Crippen LogP contribution in [0.4, 0.5) is 11.6 Å². The van der Waals surface area contributed by atoms with Crippen molar-refractivity contribution < 1.29 is 0 Å². The van der Waals surface area contributed by atoms with Gasteiger partial charge in [0.25, 0.3) is 0 Å². The van der Waals surface area contributed by atoms with E-state index in [0.29, 0.717) is 0 Å². The first-order chi connectivity index (χ1) is 8.69. The van der Waals surface area contributed by atoms with E-state index in [0.717, 1.165) is 42.9 Å². The Bertz CT molecular complexity index is 387. The van der Waals surface area contributed by atoms with Gasteiger partial charge in [0.15, 0.2) is 0 Å². The molecule has 1 aromatic rings. The molecule has 0 saturated heterocycles. The molecule has 0 radical (unpaired) electrons. The van der Waals surface area contributed by atoms with Gasteiger partial charge in [0.05, 0.1) is 0 Å². The van der Waals surface area contributed by atoms with Gasteiger partial charge in [0, 0.05) is 26.2 Å². The normalized spacial score (nSPS) is 15.3. The van der Waals surface area contributed by atoms with Crippen LogP contribution in [0.15, 0.2) is 6.07 Å². The molecule has 1 N–H and O–H groups in total. The van der Waals surface area contributed by atoms with Crippen LogP contribution >= 0.6 is 0 Å². The SMILES string of the molecule is CCCNc1cc(N(C)CC2CCC2)nc(C)n1. The first kappa shape index (κ1) is 13.1. The molecule has 1 heterocycles. The fourth-order valence-electron chi connectivity index (χ4n) is 2.25. The lowest BCUT2D eigenvalue weighted by Gasteiger charge is -2.30. The molecule has 0 spiro atoms. The molecule has 100 valence electrons. The van der Waals surface area contributed by atoms with E-state index in [1.807, 2.05) is 6.92 Å². The molecule has 18 heavy (non-hydrogen) atoms. The molecule has 0 amide bonds. The van der Waals surface area contributed by atoms with Gasteiger partial charge in [-0.25, -0.2) is 9.97 Å². The highest BCUT2D eigenvalue weighted by molar-refractivity contribution is 5.49. The number of nitrogens with one attached hydrogen (secondary N) is 1. The lowest BCUT2D eigenvalue weighted by atomic mass is 9.85. The number of rotatable bonds is 6. The van der Waals surface area contributed by atoms with Crippen molar-refractivity contribution in [2.45, 2.75) is 39.5 Å². The van der Waals surface area contributed by atoms with Crippen LogP contribution in [0.3, 0.4) is 0 Å². The van der Waals surface area contributed by atoms with Crippen molar-refractivity contribution in [2.24, 2.45) is 5.92 Å². The van der Waals surface area contributed by atoms with Gasteiger partial charge in [-0.1, -0.05) is 13.3 Å². The van der Waals surface area contributed by atoms with Gasteiger partial charge in [-0.05, 0) is 32.1 Å². The fraction of sp³-hybridized carbons (Fsp3) is 0.714. The minimum Gasteiger partial charge on any atom is -0.370 e. The zero-order valence-corrected chi connectivity index (χ0v) is 11.7. The minimum absolute atomic E-state index is 0.839. The van der Waals surface area contributed by atoms with Gasteiger partial charge in [0.2, 0.25) is 0 Å². The maximum Gasteiger partial charge on any atom is 0.134 e. The molecule has 0 atom stereocenters. The highest BCUT2D eigenvalue weighted by Crippen LogP contribution is 2.28. The topological polar surface area (TPSA) is 41.0 Å². The first-order valence-electron chi connectivity index (χ1n) is 6.99. The van der Waals surface area contributed by atoms with E-state index in [9.17, 15) is 0 Å². The Hall–Kier alpha value is -1.32. The Morgan fingerprint density at radius 2 is 2.17 bits per heavy atom. The molecule has 1 aliphatic carbocycles. The predicted octanol–water partition coefficient (Wildman–Crippen LogP) is 2.84. The third-order valence-corrected chi connectivity index (χ3v) is 3.53. The Balaban J connectivity index is 2.03. The average Bonchev–Trinajstić information content (AvgIpc) is 2.30. The number of hydrogen-bond donors (Lipinski definition) is 1. The van der Waals surface area contributed by atoms with Crippen LogP contribution in [0.5, 0.6) is 0 Å². The van der Waals surface area contributed by atoms with Gasteiger partial charge in [-0.15, -0.1) is 0 Å². The van der Waals surface area contributed by atoms with Gasteiger partial charge >= 0.3 is 0 Å². The maximum absolute atomic E-state index is 4.53. The standard InChI is InChI=1S/C14H24N4/c1-4-8-15-13-9-14(17-11(2)16-13)18(3)10-12-6-5-7-12/h9,12H,4-8,10H2,1-3H3,(H,15,16,17). The lowest BCUT2D eigenvalue weighted by Crippen LogP contribution is -2.30. The maximum atomic E-state index is 4.53. The molecule has 1 fully saturated rings. The van der Waals surface area contributed by atoms with E-state index in [2.05, 4.69) is 40.2 Å². The summed E-state index contributed by atoms with van der Waals surface area (Å²) < 4.78 is 0. The summed E-state index contributed by atoms with van der Waals surface area (Å²) in [5.41, 5.74) is 0. The zero-order chi connectivity index (χ0) is 13.0. The van der Waals surface area contributed by atoms with Crippen LogP contribution in [-0.4, -0.2) is 30.1 Å². The highest BCUT2D eigenvalue weighted by Gasteiger charge is 2.20. The Kier molecular flexibility index (Phi) is 4.39. The zero-order valence-electron chi connectivity index (χ0n) is 11.7. The summed E-state index contributed by atoms with van der Waals surface area (Å²) in [5.74, 6) is 3.68. The largest absolute Gasteiger partial charge is 0.370 e. The van der Waals surface area contributed by atoms with E-state index in [1.54, 1.807) is 0 Å². The Labute approximate surface area is 110 Å². The fourth-order valence-corrected chi connectivity index (χ4v) is 2.25. The van der Waals surface area contributed by atoms with E-state index in [4.69, 9.17) is 0 Å². The summed E-state index contributed by atoms with van der Waals surface area (Å²) >= 11 is 0. The number of anilines is 2. The molecule has 1 aromatic heterocycles. The molecule has 1 aliphatic rings. The van der Waals surface area contributed by atoms with Crippen LogP contribution in [0.25, 0.3) is 0 Å². The van der Waals surface area contributed by atoms with Crippen molar-refractivity contribution in [3.8, 4) is 0 Å². The second kappa shape index (κ2) is 6.03. The third-order valence-electron chi connectivity index (χ3n) is 3.53. The summed E-state index contributed by atoms with van der Waals surface area (Å²) in [5, 5.41) is 3.33. The van der Waals surface area contributed by atoms with Crippen molar-refractivity contribution >= 4 is 11.6 Å². The van der Waals surface area contributed by atoms with E-state index < -0.39 is 0 Å². The van der Waals surface area contributed by atoms with Crippen LogP contribution in [-0.2, 0) is 0 Å². The van der Waals surface area contributed by atoms with Gasteiger partial charge in [-0.3, -0.25) is 0 Å². The molecular formula is C14H24N4. The van der Waals surface area contributed by atoms with E-state index in [1.165, 1.54) is 19.3 Å². The van der Waals surface area contributed by atoms with Gasteiger partial charge in [-0.2, -0.15) is 0 Å². The number of nitrogens with zero attached hydrogens (tertiary/aromatic N) is 3. The lowest BCUT2D eigenvalue weighted by molar-refractivity contribution is 0.321.